The smallest absolute Gasteiger partial charge is 0.115 e. The van der Waals surface area contributed by atoms with Crippen molar-refractivity contribution in [1.29, 1.82) is 0 Å². The van der Waals surface area contributed by atoms with Gasteiger partial charge in [-0.25, -0.2) is 0 Å². The molecule has 0 radical (unpaired) electrons. The van der Waals surface area contributed by atoms with Gasteiger partial charge in [0.05, 0.1) is 0 Å². The van der Waals surface area contributed by atoms with Gasteiger partial charge in [0.25, 0.3) is 0 Å². The average Bonchev–Trinajstić information content (AvgIpc) is 2.29. The van der Waals surface area contributed by atoms with Crippen molar-refractivity contribution in [2.45, 2.75) is 0 Å². The Labute approximate surface area is 99.7 Å². The number of nitrogens with zero attached hydrogens (tertiary/aromatic N) is 1. The van der Waals surface area contributed by atoms with Crippen molar-refractivity contribution < 1.29 is 5.11 Å². The van der Waals surface area contributed by atoms with E-state index in [1.807, 2.05) is 48.3 Å². The second-order valence-electron chi connectivity index (χ2n) is 3.56. The Morgan fingerprint density at radius 3 is 2.31 bits per heavy atom. The van der Waals surface area contributed by atoms with Crippen molar-refractivity contribution in [3.63, 3.8) is 0 Å². The Balaban J connectivity index is 2.31. The molecule has 2 aromatic rings. The van der Waals surface area contributed by atoms with E-state index in [-0.39, 0.29) is 5.75 Å². The molecule has 0 atom stereocenters. The highest BCUT2D eigenvalue weighted by atomic mass is 35.5. The summed E-state index contributed by atoms with van der Waals surface area (Å²) in [4.78, 5) is 2.01. The minimum absolute atomic E-state index is 0.267. The number of anilines is 2. The van der Waals surface area contributed by atoms with E-state index in [1.54, 1.807) is 12.1 Å². The summed E-state index contributed by atoms with van der Waals surface area (Å²) in [7, 11) is 1.96. The second kappa shape index (κ2) is 4.45. The van der Waals surface area contributed by atoms with Crippen LogP contribution in [0.4, 0.5) is 11.4 Å². The number of aromatic hydroxyl groups is 1. The first-order chi connectivity index (χ1) is 7.66. The fourth-order valence-electron chi connectivity index (χ4n) is 1.51. The summed E-state index contributed by atoms with van der Waals surface area (Å²) in [6.07, 6.45) is 0. The quantitative estimate of drug-likeness (QED) is 0.853. The van der Waals surface area contributed by atoms with Crippen LogP contribution in [-0.2, 0) is 0 Å². The van der Waals surface area contributed by atoms with Crippen molar-refractivity contribution >= 4 is 23.0 Å². The molecule has 0 bridgehead atoms. The van der Waals surface area contributed by atoms with Gasteiger partial charge in [-0.3, -0.25) is 0 Å². The first kappa shape index (κ1) is 10.8. The SMILES string of the molecule is CN(c1ccc(O)cc1)c1cccc(Cl)c1. The molecule has 0 fully saturated rings. The van der Waals surface area contributed by atoms with Gasteiger partial charge in [-0.1, -0.05) is 17.7 Å². The van der Waals surface area contributed by atoms with Gasteiger partial charge in [0.1, 0.15) is 5.75 Å². The maximum absolute atomic E-state index is 9.21. The summed E-state index contributed by atoms with van der Waals surface area (Å²) >= 11 is 5.93. The molecule has 2 rings (SSSR count). The number of rotatable bonds is 2. The number of phenolic OH excluding ortho intramolecular Hbond substituents is 1. The molecule has 2 aromatic carbocycles. The summed E-state index contributed by atoms with van der Waals surface area (Å²) in [5.41, 5.74) is 2.01. The van der Waals surface area contributed by atoms with E-state index in [2.05, 4.69) is 0 Å². The van der Waals surface area contributed by atoms with Crippen molar-refractivity contribution in [2.75, 3.05) is 11.9 Å². The standard InChI is InChI=1S/C13H12ClNO/c1-15(11-5-7-13(16)8-6-11)12-4-2-3-10(14)9-12/h2-9,16H,1H3. The van der Waals surface area contributed by atoms with Crippen LogP contribution in [-0.4, -0.2) is 12.2 Å². The lowest BCUT2D eigenvalue weighted by atomic mass is 10.2. The molecular weight excluding hydrogens is 222 g/mol. The number of halogens is 1. The number of hydrogen-bond donors (Lipinski definition) is 1. The molecule has 0 unspecified atom stereocenters. The van der Waals surface area contributed by atoms with E-state index >= 15 is 0 Å². The van der Waals surface area contributed by atoms with Crippen molar-refractivity contribution in [3.8, 4) is 5.75 Å². The van der Waals surface area contributed by atoms with Crippen LogP contribution in [0.2, 0.25) is 5.02 Å². The normalized spacial score (nSPS) is 10.1. The van der Waals surface area contributed by atoms with Gasteiger partial charge in [0, 0.05) is 23.4 Å². The summed E-state index contributed by atoms with van der Waals surface area (Å²) in [6.45, 7) is 0. The van der Waals surface area contributed by atoms with Crippen molar-refractivity contribution in [2.24, 2.45) is 0 Å². The molecule has 0 aliphatic carbocycles. The Morgan fingerprint density at radius 2 is 1.69 bits per heavy atom. The number of hydrogen-bond acceptors (Lipinski definition) is 2. The predicted molar refractivity (Wildman–Crippen MR) is 67.6 cm³/mol. The van der Waals surface area contributed by atoms with Crippen LogP contribution in [0.1, 0.15) is 0 Å². The van der Waals surface area contributed by atoms with Crippen LogP contribution >= 0.6 is 11.6 Å². The topological polar surface area (TPSA) is 23.5 Å². The van der Waals surface area contributed by atoms with E-state index in [1.165, 1.54) is 0 Å². The Hall–Kier alpha value is -1.67. The Morgan fingerprint density at radius 1 is 1.00 bits per heavy atom. The first-order valence-corrected chi connectivity index (χ1v) is 5.33. The van der Waals surface area contributed by atoms with Gasteiger partial charge in [-0.15, -0.1) is 0 Å². The third kappa shape index (κ3) is 2.28. The largest absolute Gasteiger partial charge is 0.508 e. The van der Waals surface area contributed by atoms with Gasteiger partial charge >= 0.3 is 0 Å². The van der Waals surface area contributed by atoms with Crippen LogP contribution in [0.15, 0.2) is 48.5 Å². The lowest BCUT2D eigenvalue weighted by Crippen LogP contribution is -2.08. The summed E-state index contributed by atoms with van der Waals surface area (Å²) < 4.78 is 0. The fraction of sp³-hybridized carbons (Fsp3) is 0.0769. The zero-order valence-electron chi connectivity index (χ0n) is 8.89. The molecule has 0 aromatic heterocycles. The molecule has 1 N–H and O–H groups in total. The minimum Gasteiger partial charge on any atom is -0.508 e. The van der Waals surface area contributed by atoms with Crippen molar-refractivity contribution in [3.05, 3.63) is 53.6 Å². The van der Waals surface area contributed by atoms with E-state index in [0.717, 1.165) is 11.4 Å². The molecule has 0 amide bonds. The maximum atomic E-state index is 9.21. The van der Waals surface area contributed by atoms with Crippen LogP contribution in [0.5, 0.6) is 5.75 Å². The molecule has 0 aliphatic heterocycles. The fourth-order valence-corrected chi connectivity index (χ4v) is 1.69. The summed E-state index contributed by atoms with van der Waals surface area (Å²) in [5.74, 6) is 0.267. The van der Waals surface area contributed by atoms with Gasteiger partial charge in [0.2, 0.25) is 0 Å². The molecule has 0 aliphatic rings. The second-order valence-corrected chi connectivity index (χ2v) is 3.99. The Bertz CT molecular complexity index is 482. The third-order valence-corrected chi connectivity index (χ3v) is 2.67. The molecule has 0 spiro atoms. The highest BCUT2D eigenvalue weighted by Crippen LogP contribution is 2.26. The number of phenols is 1. The van der Waals surface area contributed by atoms with E-state index < -0.39 is 0 Å². The first-order valence-electron chi connectivity index (χ1n) is 4.95. The molecule has 0 heterocycles. The number of benzene rings is 2. The molecule has 2 nitrogen and oxygen atoms in total. The van der Waals surface area contributed by atoms with E-state index in [0.29, 0.717) is 5.02 Å². The zero-order chi connectivity index (χ0) is 11.5. The van der Waals surface area contributed by atoms with Gasteiger partial charge < -0.3 is 10.0 Å². The minimum atomic E-state index is 0.267. The van der Waals surface area contributed by atoms with Gasteiger partial charge in [0.15, 0.2) is 0 Å². The Kier molecular flexibility index (Phi) is 3.02. The van der Waals surface area contributed by atoms with Gasteiger partial charge in [-0.2, -0.15) is 0 Å². The molecule has 0 saturated heterocycles. The molecule has 0 saturated carbocycles. The summed E-state index contributed by atoms with van der Waals surface area (Å²) in [6, 6.07) is 14.7. The lowest BCUT2D eigenvalue weighted by Gasteiger charge is -2.19. The summed E-state index contributed by atoms with van der Waals surface area (Å²) in [5, 5.41) is 9.92. The van der Waals surface area contributed by atoms with E-state index in [4.69, 9.17) is 11.6 Å². The highest BCUT2D eigenvalue weighted by Gasteiger charge is 2.03. The predicted octanol–water partition coefficient (Wildman–Crippen LogP) is 3.81. The monoisotopic (exact) mass is 233 g/mol. The highest BCUT2D eigenvalue weighted by molar-refractivity contribution is 6.30. The maximum Gasteiger partial charge on any atom is 0.115 e. The molecule has 16 heavy (non-hydrogen) atoms. The van der Waals surface area contributed by atoms with Crippen molar-refractivity contribution in [1.82, 2.24) is 0 Å². The molecule has 82 valence electrons. The molecule has 3 heteroatoms. The third-order valence-electron chi connectivity index (χ3n) is 2.43. The van der Waals surface area contributed by atoms with Crippen LogP contribution < -0.4 is 4.90 Å². The zero-order valence-corrected chi connectivity index (χ0v) is 9.65. The lowest BCUT2D eigenvalue weighted by molar-refractivity contribution is 0.475. The van der Waals surface area contributed by atoms with Crippen LogP contribution in [0.3, 0.4) is 0 Å². The average molecular weight is 234 g/mol. The molecular formula is C13H12ClNO. The van der Waals surface area contributed by atoms with E-state index in [9.17, 15) is 5.11 Å². The van der Waals surface area contributed by atoms with Crippen LogP contribution in [0.25, 0.3) is 0 Å². The van der Waals surface area contributed by atoms with Crippen LogP contribution in [0, 0.1) is 0 Å². The van der Waals surface area contributed by atoms with Gasteiger partial charge in [-0.05, 0) is 42.5 Å².